The Morgan fingerprint density at radius 1 is 0.947 bits per heavy atom. The molecule has 0 aliphatic carbocycles. The van der Waals surface area contributed by atoms with Gasteiger partial charge in [0.15, 0.2) is 0 Å². The Labute approximate surface area is 114 Å². The third kappa shape index (κ3) is 1.78. The molecule has 0 spiro atoms. The second-order valence-electron chi connectivity index (χ2n) is 6.13. The number of hydrogen-bond acceptors (Lipinski definition) is 0. The molecule has 0 atom stereocenters. The van der Waals surface area contributed by atoms with E-state index in [4.69, 9.17) is 0 Å². The number of nitrogens with one attached hydrogen (secondary N) is 1. The molecule has 3 aromatic rings. The van der Waals surface area contributed by atoms with Crippen molar-refractivity contribution in [2.24, 2.45) is 7.05 Å². The van der Waals surface area contributed by atoms with Crippen LogP contribution >= 0.6 is 0 Å². The van der Waals surface area contributed by atoms with Crippen molar-refractivity contribution in [3.63, 3.8) is 0 Å². The monoisotopic (exact) mass is 254 g/mol. The number of aromatic amines is 1. The Morgan fingerprint density at radius 2 is 1.63 bits per heavy atom. The summed E-state index contributed by atoms with van der Waals surface area (Å²) in [6.45, 7) is 8.96. The van der Waals surface area contributed by atoms with Crippen LogP contribution in [-0.2, 0) is 7.05 Å². The molecule has 2 heterocycles. The Balaban J connectivity index is 2.38. The lowest BCUT2D eigenvalue weighted by Crippen LogP contribution is -1.97. The van der Waals surface area contributed by atoms with Gasteiger partial charge in [-0.1, -0.05) is 39.8 Å². The van der Waals surface area contributed by atoms with Crippen LogP contribution in [0.3, 0.4) is 0 Å². The van der Waals surface area contributed by atoms with Crippen LogP contribution in [0.2, 0.25) is 0 Å². The Kier molecular flexibility index (Phi) is 2.70. The molecule has 2 aromatic heterocycles. The van der Waals surface area contributed by atoms with Crippen LogP contribution in [0, 0.1) is 0 Å². The first-order valence-electron chi connectivity index (χ1n) is 7.10. The quantitative estimate of drug-likeness (QED) is 0.671. The molecule has 3 rings (SSSR count). The molecule has 0 bridgehead atoms. The third-order valence-electron chi connectivity index (χ3n) is 4.06. The maximum Gasteiger partial charge on any atom is 0.0725 e. The van der Waals surface area contributed by atoms with E-state index in [-0.39, 0.29) is 0 Å². The van der Waals surface area contributed by atoms with E-state index < -0.39 is 0 Å². The summed E-state index contributed by atoms with van der Waals surface area (Å²) in [5.74, 6) is 1.08. The van der Waals surface area contributed by atoms with Gasteiger partial charge in [0, 0.05) is 29.2 Å². The zero-order valence-corrected chi connectivity index (χ0v) is 12.4. The van der Waals surface area contributed by atoms with Gasteiger partial charge in [-0.2, -0.15) is 0 Å². The van der Waals surface area contributed by atoms with Crippen LogP contribution in [0.25, 0.3) is 21.8 Å². The van der Waals surface area contributed by atoms with Gasteiger partial charge >= 0.3 is 0 Å². The molecule has 0 aliphatic heterocycles. The summed E-state index contributed by atoms with van der Waals surface area (Å²) < 4.78 is 2.34. The van der Waals surface area contributed by atoms with Gasteiger partial charge in [-0.25, -0.2) is 0 Å². The zero-order chi connectivity index (χ0) is 13.7. The summed E-state index contributed by atoms with van der Waals surface area (Å²) in [7, 11) is 2.17. The first-order chi connectivity index (χ1) is 8.99. The van der Waals surface area contributed by atoms with E-state index in [0.29, 0.717) is 11.8 Å². The minimum atomic E-state index is 0.535. The number of fused-ring (bicyclic) bond motifs is 3. The minimum Gasteiger partial charge on any atom is -0.356 e. The number of H-pyrrole nitrogens is 1. The standard InChI is InChI=1S/C17H22N2/c1-10(2)14-8-12-6-7-13-9-15(11(3)4)19(5)17(13)16(12)18-14/h6-11,18H,1-5H3. The van der Waals surface area contributed by atoms with Crippen molar-refractivity contribution >= 4 is 21.8 Å². The van der Waals surface area contributed by atoms with Crippen molar-refractivity contribution in [1.82, 2.24) is 9.55 Å². The predicted octanol–water partition coefficient (Wildman–Crippen LogP) is 4.91. The van der Waals surface area contributed by atoms with Crippen LogP contribution in [0.15, 0.2) is 24.3 Å². The molecule has 1 N–H and O–H groups in total. The van der Waals surface area contributed by atoms with Crippen LogP contribution < -0.4 is 0 Å². The number of nitrogens with zero attached hydrogens (tertiary/aromatic N) is 1. The fourth-order valence-electron chi connectivity index (χ4n) is 2.95. The van der Waals surface area contributed by atoms with E-state index in [1.54, 1.807) is 0 Å². The molecule has 19 heavy (non-hydrogen) atoms. The number of benzene rings is 1. The molecule has 0 saturated heterocycles. The van der Waals surface area contributed by atoms with Crippen molar-refractivity contribution in [2.75, 3.05) is 0 Å². The summed E-state index contributed by atoms with van der Waals surface area (Å²) in [5.41, 5.74) is 5.31. The molecule has 0 aliphatic rings. The highest BCUT2D eigenvalue weighted by Crippen LogP contribution is 2.31. The number of rotatable bonds is 2. The van der Waals surface area contributed by atoms with Gasteiger partial charge in [0.2, 0.25) is 0 Å². The summed E-state index contributed by atoms with van der Waals surface area (Å²) in [6, 6.07) is 9.06. The van der Waals surface area contributed by atoms with E-state index in [0.717, 1.165) is 0 Å². The zero-order valence-electron chi connectivity index (χ0n) is 12.4. The molecule has 1 aromatic carbocycles. The summed E-state index contributed by atoms with van der Waals surface area (Å²) in [5, 5.41) is 2.64. The fraction of sp³-hybridized carbons (Fsp3) is 0.412. The van der Waals surface area contributed by atoms with E-state index in [2.05, 4.69) is 68.6 Å². The van der Waals surface area contributed by atoms with E-state index >= 15 is 0 Å². The van der Waals surface area contributed by atoms with Gasteiger partial charge in [0.1, 0.15) is 0 Å². The number of aryl methyl sites for hydroxylation is 1. The van der Waals surface area contributed by atoms with Crippen LogP contribution in [-0.4, -0.2) is 9.55 Å². The number of aromatic nitrogens is 2. The van der Waals surface area contributed by atoms with E-state index in [1.807, 2.05) is 0 Å². The van der Waals surface area contributed by atoms with E-state index in [1.165, 1.54) is 33.2 Å². The Bertz CT molecular complexity index is 741. The molecule has 0 fully saturated rings. The van der Waals surface area contributed by atoms with Crippen molar-refractivity contribution in [3.8, 4) is 0 Å². The third-order valence-corrected chi connectivity index (χ3v) is 4.06. The van der Waals surface area contributed by atoms with Crippen molar-refractivity contribution in [3.05, 3.63) is 35.7 Å². The molecular formula is C17H22N2. The summed E-state index contributed by atoms with van der Waals surface area (Å²) in [4.78, 5) is 3.61. The van der Waals surface area contributed by atoms with Gasteiger partial charge in [-0.3, -0.25) is 0 Å². The van der Waals surface area contributed by atoms with Gasteiger partial charge in [-0.05, 0) is 24.0 Å². The van der Waals surface area contributed by atoms with Crippen LogP contribution in [0.5, 0.6) is 0 Å². The maximum atomic E-state index is 3.61. The molecular weight excluding hydrogens is 232 g/mol. The molecule has 100 valence electrons. The van der Waals surface area contributed by atoms with Crippen LogP contribution in [0.1, 0.15) is 50.9 Å². The second kappa shape index (κ2) is 4.16. The average molecular weight is 254 g/mol. The molecule has 0 amide bonds. The molecule has 0 unspecified atom stereocenters. The Hall–Kier alpha value is -1.70. The summed E-state index contributed by atoms with van der Waals surface area (Å²) in [6.07, 6.45) is 0. The molecule has 0 radical (unpaired) electrons. The first kappa shape index (κ1) is 12.3. The SMILES string of the molecule is CC(C)c1cc2ccc3cc(C(C)C)n(C)c3c2[nH]1. The highest BCUT2D eigenvalue weighted by Gasteiger charge is 2.13. The largest absolute Gasteiger partial charge is 0.356 e. The highest BCUT2D eigenvalue weighted by atomic mass is 15.0. The highest BCUT2D eigenvalue weighted by molar-refractivity contribution is 6.04. The van der Waals surface area contributed by atoms with Gasteiger partial charge < -0.3 is 9.55 Å². The topological polar surface area (TPSA) is 20.7 Å². The maximum absolute atomic E-state index is 3.61. The normalized spacial score (nSPS) is 12.4. The lowest BCUT2D eigenvalue weighted by Gasteiger charge is -2.07. The van der Waals surface area contributed by atoms with Crippen molar-refractivity contribution < 1.29 is 0 Å². The lowest BCUT2D eigenvalue weighted by atomic mass is 10.1. The second-order valence-corrected chi connectivity index (χ2v) is 6.13. The lowest BCUT2D eigenvalue weighted by molar-refractivity contribution is 0.756. The van der Waals surface area contributed by atoms with Gasteiger partial charge in [0.25, 0.3) is 0 Å². The minimum absolute atomic E-state index is 0.535. The van der Waals surface area contributed by atoms with Crippen molar-refractivity contribution in [1.29, 1.82) is 0 Å². The van der Waals surface area contributed by atoms with Gasteiger partial charge in [-0.15, -0.1) is 0 Å². The number of hydrogen-bond donors (Lipinski definition) is 1. The molecule has 0 saturated carbocycles. The van der Waals surface area contributed by atoms with Crippen molar-refractivity contribution in [2.45, 2.75) is 39.5 Å². The smallest absolute Gasteiger partial charge is 0.0725 e. The predicted molar refractivity (Wildman–Crippen MR) is 83.0 cm³/mol. The van der Waals surface area contributed by atoms with Crippen LogP contribution in [0.4, 0.5) is 0 Å². The average Bonchev–Trinajstić information content (AvgIpc) is 2.89. The molecule has 2 nitrogen and oxygen atoms in total. The van der Waals surface area contributed by atoms with E-state index in [9.17, 15) is 0 Å². The van der Waals surface area contributed by atoms with Gasteiger partial charge in [0.05, 0.1) is 11.0 Å². The molecule has 2 heteroatoms. The first-order valence-corrected chi connectivity index (χ1v) is 7.10. The Morgan fingerprint density at radius 3 is 2.26 bits per heavy atom. The summed E-state index contributed by atoms with van der Waals surface area (Å²) >= 11 is 0. The fourth-order valence-corrected chi connectivity index (χ4v) is 2.95.